The molecule has 1 aromatic rings. The minimum Gasteiger partial charge on any atom is -0.381 e. The zero-order valence-corrected chi connectivity index (χ0v) is 13.1. The van der Waals surface area contributed by atoms with E-state index in [1.165, 1.54) is 41.4 Å². The van der Waals surface area contributed by atoms with Crippen LogP contribution in [0.1, 0.15) is 37.2 Å². The van der Waals surface area contributed by atoms with Crippen molar-refractivity contribution in [2.75, 3.05) is 5.32 Å². The first-order chi connectivity index (χ1) is 9.83. The number of anilines is 1. The van der Waals surface area contributed by atoms with Crippen LogP contribution in [0.4, 0.5) is 5.69 Å². The van der Waals surface area contributed by atoms with E-state index in [4.69, 9.17) is 0 Å². The topological polar surface area (TPSA) is 12.0 Å². The molecule has 4 rings (SSSR count). The summed E-state index contributed by atoms with van der Waals surface area (Å²) in [6.07, 6.45) is 14.6. The summed E-state index contributed by atoms with van der Waals surface area (Å²) in [6, 6.07) is 7.33. The Labute approximate surface area is 129 Å². The van der Waals surface area contributed by atoms with Gasteiger partial charge in [-0.15, -0.1) is 0 Å². The molecule has 0 bridgehead atoms. The van der Waals surface area contributed by atoms with Gasteiger partial charge in [0, 0.05) is 22.1 Å². The predicted molar refractivity (Wildman–Crippen MR) is 88.0 cm³/mol. The summed E-state index contributed by atoms with van der Waals surface area (Å²) in [5, 5.41) is 3.87. The van der Waals surface area contributed by atoms with Crippen molar-refractivity contribution >= 4 is 21.6 Å². The van der Waals surface area contributed by atoms with Gasteiger partial charge in [0.1, 0.15) is 0 Å². The van der Waals surface area contributed by atoms with Crippen LogP contribution in [0.3, 0.4) is 0 Å². The van der Waals surface area contributed by atoms with E-state index in [1.54, 1.807) is 0 Å². The first-order valence-electron chi connectivity index (χ1n) is 7.70. The second kappa shape index (κ2) is 5.07. The Morgan fingerprint density at radius 3 is 2.90 bits per heavy atom. The minimum absolute atomic E-state index is 0.611. The Morgan fingerprint density at radius 2 is 2.05 bits per heavy atom. The highest BCUT2D eigenvalue weighted by molar-refractivity contribution is 9.10. The van der Waals surface area contributed by atoms with E-state index in [1.807, 2.05) is 0 Å². The first kappa shape index (κ1) is 12.7. The molecule has 0 aromatic heterocycles. The van der Waals surface area contributed by atoms with Crippen LogP contribution in [-0.2, 0) is 0 Å². The average Bonchev–Trinajstić information content (AvgIpc) is 2.97. The quantitative estimate of drug-likeness (QED) is 0.693. The third kappa shape index (κ3) is 2.05. The average molecular weight is 330 g/mol. The molecule has 4 atom stereocenters. The zero-order chi connectivity index (χ0) is 13.5. The molecule has 1 aromatic carbocycles. The van der Waals surface area contributed by atoms with Crippen molar-refractivity contribution in [1.82, 2.24) is 0 Å². The molecule has 3 aliphatic rings. The van der Waals surface area contributed by atoms with Crippen LogP contribution in [0, 0.1) is 11.8 Å². The second-order valence-corrected chi connectivity index (χ2v) is 7.22. The molecular formula is C18H20BrN. The van der Waals surface area contributed by atoms with Crippen LogP contribution >= 0.6 is 15.9 Å². The molecule has 0 radical (unpaired) electrons. The number of nitrogens with one attached hydrogen (secondary N) is 1. The third-order valence-corrected chi connectivity index (χ3v) is 5.68. The van der Waals surface area contributed by atoms with Gasteiger partial charge in [0.25, 0.3) is 0 Å². The fourth-order valence-electron chi connectivity index (χ4n) is 4.21. The summed E-state index contributed by atoms with van der Waals surface area (Å²) in [5.41, 5.74) is 2.82. The van der Waals surface area contributed by atoms with Crippen LogP contribution in [0.25, 0.3) is 0 Å². The van der Waals surface area contributed by atoms with E-state index in [2.05, 4.69) is 63.7 Å². The van der Waals surface area contributed by atoms with Crippen LogP contribution in [-0.4, -0.2) is 6.04 Å². The molecule has 1 nitrogen and oxygen atoms in total. The molecule has 20 heavy (non-hydrogen) atoms. The molecule has 1 N–H and O–H groups in total. The smallest absolute Gasteiger partial charge is 0.0382 e. The van der Waals surface area contributed by atoms with Gasteiger partial charge in [-0.1, -0.05) is 40.2 Å². The lowest BCUT2D eigenvalue weighted by atomic mass is 9.72. The molecule has 0 spiro atoms. The number of halogens is 1. The summed E-state index contributed by atoms with van der Waals surface area (Å²) in [7, 11) is 0. The normalized spacial score (nSPS) is 34.5. The van der Waals surface area contributed by atoms with Crippen LogP contribution in [0.15, 0.2) is 47.0 Å². The molecule has 0 saturated heterocycles. The fourth-order valence-corrected chi connectivity index (χ4v) is 4.59. The monoisotopic (exact) mass is 329 g/mol. The van der Waals surface area contributed by atoms with Crippen molar-refractivity contribution in [1.29, 1.82) is 0 Å². The maximum absolute atomic E-state index is 3.87. The van der Waals surface area contributed by atoms with Gasteiger partial charge in [0.2, 0.25) is 0 Å². The molecule has 2 heteroatoms. The van der Waals surface area contributed by atoms with E-state index >= 15 is 0 Å². The number of fused-ring (bicyclic) bond motifs is 3. The number of hydrogen-bond donors (Lipinski definition) is 1. The highest BCUT2D eigenvalue weighted by atomic mass is 79.9. The Balaban J connectivity index is 1.70. The summed E-state index contributed by atoms with van der Waals surface area (Å²) < 4.78 is 1.19. The lowest BCUT2D eigenvalue weighted by Gasteiger charge is -2.42. The van der Waals surface area contributed by atoms with E-state index in [9.17, 15) is 0 Å². The lowest BCUT2D eigenvalue weighted by molar-refractivity contribution is 0.294. The first-order valence-corrected chi connectivity index (χ1v) is 8.50. The Hall–Kier alpha value is -1.02. The molecule has 0 amide bonds. The maximum Gasteiger partial charge on any atom is 0.0382 e. The summed E-state index contributed by atoms with van der Waals surface area (Å²) in [5.74, 6) is 2.15. The number of benzene rings is 1. The maximum atomic E-state index is 3.87. The Bertz CT molecular complexity index is 575. The largest absolute Gasteiger partial charge is 0.381 e. The summed E-state index contributed by atoms with van der Waals surface area (Å²) in [6.45, 7) is 0. The van der Waals surface area contributed by atoms with Gasteiger partial charge >= 0.3 is 0 Å². The molecule has 1 aliphatic heterocycles. The van der Waals surface area contributed by atoms with Crippen molar-refractivity contribution in [3.63, 3.8) is 0 Å². The molecular weight excluding hydrogens is 310 g/mol. The number of hydrogen-bond acceptors (Lipinski definition) is 1. The van der Waals surface area contributed by atoms with E-state index in [-0.39, 0.29) is 0 Å². The number of rotatable bonds is 1. The minimum atomic E-state index is 0.611. The molecule has 2 aliphatic carbocycles. The molecule has 104 valence electrons. The standard InChI is InChI=1S/C18H20BrN/c19-13-9-10-17-16(11-13)14-7-4-8-15(14)18(20-17)12-5-2-1-3-6-12/h1-2,4,7,9-12,14-15,18,20H,3,5-6,8H2/t12-,14+,15+,18-/m0/s1. The Morgan fingerprint density at radius 1 is 1.10 bits per heavy atom. The van der Waals surface area contributed by atoms with Gasteiger partial charge in [-0.05, 0) is 61.3 Å². The lowest BCUT2D eigenvalue weighted by Crippen LogP contribution is -2.41. The Kier molecular flexibility index (Phi) is 3.22. The zero-order valence-electron chi connectivity index (χ0n) is 11.6. The van der Waals surface area contributed by atoms with Crippen LogP contribution < -0.4 is 5.32 Å². The highest BCUT2D eigenvalue weighted by Crippen LogP contribution is 2.48. The van der Waals surface area contributed by atoms with E-state index in [0.717, 1.165) is 11.8 Å². The van der Waals surface area contributed by atoms with Gasteiger partial charge in [-0.2, -0.15) is 0 Å². The highest BCUT2D eigenvalue weighted by Gasteiger charge is 2.40. The summed E-state index contributed by atoms with van der Waals surface area (Å²) >= 11 is 3.62. The van der Waals surface area contributed by atoms with Crippen LogP contribution in [0.2, 0.25) is 0 Å². The second-order valence-electron chi connectivity index (χ2n) is 6.30. The van der Waals surface area contributed by atoms with Crippen LogP contribution in [0.5, 0.6) is 0 Å². The predicted octanol–water partition coefficient (Wildman–Crippen LogP) is 5.26. The van der Waals surface area contributed by atoms with Crippen molar-refractivity contribution in [3.8, 4) is 0 Å². The molecule has 0 saturated carbocycles. The fraction of sp³-hybridized carbons (Fsp3) is 0.444. The summed E-state index contributed by atoms with van der Waals surface area (Å²) in [4.78, 5) is 0. The van der Waals surface area contributed by atoms with Crippen molar-refractivity contribution < 1.29 is 0 Å². The molecule has 0 fully saturated rings. The van der Waals surface area contributed by atoms with Gasteiger partial charge in [-0.25, -0.2) is 0 Å². The number of allylic oxidation sites excluding steroid dienone is 4. The van der Waals surface area contributed by atoms with Gasteiger partial charge < -0.3 is 5.32 Å². The molecule has 1 heterocycles. The van der Waals surface area contributed by atoms with Gasteiger partial charge in [0.05, 0.1) is 0 Å². The van der Waals surface area contributed by atoms with Gasteiger partial charge in [-0.3, -0.25) is 0 Å². The van der Waals surface area contributed by atoms with E-state index in [0.29, 0.717) is 12.0 Å². The van der Waals surface area contributed by atoms with E-state index < -0.39 is 0 Å². The SMILES string of the molecule is Brc1ccc2c(c1)[C@@H]1C=CC[C@H]1[C@H]([C@H]1CC=CCC1)N2. The third-order valence-electron chi connectivity index (χ3n) is 5.19. The van der Waals surface area contributed by atoms with Crippen molar-refractivity contribution in [2.45, 2.75) is 37.6 Å². The molecule has 0 unspecified atom stereocenters. The van der Waals surface area contributed by atoms with Gasteiger partial charge in [0.15, 0.2) is 0 Å². The van der Waals surface area contributed by atoms with Crippen molar-refractivity contribution in [3.05, 3.63) is 52.5 Å². The van der Waals surface area contributed by atoms with Crippen molar-refractivity contribution in [2.24, 2.45) is 11.8 Å².